The molecule has 3 aromatic rings. The van der Waals surface area contributed by atoms with Crippen molar-refractivity contribution in [1.82, 2.24) is 19.8 Å². The van der Waals surface area contributed by atoms with Gasteiger partial charge in [0.15, 0.2) is 11.5 Å². The minimum absolute atomic E-state index is 0.00849. The van der Waals surface area contributed by atoms with Gasteiger partial charge < -0.3 is 15.2 Å². The van der Waals surface area contributed by atoms with Crippen LogP contribution in [0.4, 0.5) is 10.2 Å². The lowest BCUT2D eigenvalue weighted by atomic mass is 10.1. The topological polar surface area (TPSA) is 105 Å². The van der Waals surface area contributed by atoms with Crippen molar-refractivity contribution >= 4 is 17.4 Å². The second-order valence-corrected chi connectivity index (χ2v) is 5.15. The molecular formula is C16H16FN5O3. The van der Waals surface area contributed by atoms with Crippen LogP contribution >= 0.6 is 0 Å². The molecule has 0 aliphatic carbocycles. The van der Waals surface area contributed by atoms with E-state index in [1.807, 2.05) is 0 Å². The van der Waals surface area contributed by atoms with Gasteiger partial charge in [-0.25, -0.2) is 9.18 Å². The molecule has 1 aromatic carbocycles. The van der Waals surface area contributed by atoms with Crippen LogP contribution in [0.5, 0.6) is 0 Å². The van der Waals surface area contributed by atoms with Gasteiger partial charge in [-0.2, -0.15) is 9.61 Å². The third kappa shape index (κ3) is 3.01. The molecule has 0 saturated heterocycles. The predicted octanol–water partition coefficient (Wildman–Crippen LogP) is 1.84. The summed E-state index contributed by atoms with van der Waals surface area (Å²) in [5, 5.41) is 12.3. The van der Waals surface area contributed by atoms with E-state index in [1.165, 1.54) is 23.8 Å². The number of halogens is 1. The number of nitrogen functional groups attached to an aromatic ring is 1. The minimum atomic E-state index is -0.679. The number of methoxy groups -OCH3 is 1. The minimum Gasteiger partial charge on any atom is -0.461 e. The van der Waals surface area contributed by atoms with Crippen LogP contribution in [0, 0.1) is 5.82 Å². The molecule has 0 aliphatic heterocycles. The van der Waals surface area contributed by atoms with Gasteiger partial charge in [-0.15, -0.1) is 10.2 Å². The third-order valence-electron chi connectivity index (χ3n) is 3.53. The van der Waals surface area contributed by atoms with E-state index in [-0.39, 0.29) is 30.5 Å². The van der Waals surface area contributed by atoms with E-state index in [0.717, 1.165) is 0 Å². The lowest BCUT2D eigenvalue weighted by Gasteiger charge is -2.05. The molecule has 8 nitrogen and oxygen atoms in total. The Labute approximate surface area is 142 Å². The molecule has 2 aromatic heterocycles. The fourth-order valence-corrected chi connectivity index (χ4v) is 2.46. The van der Waals surface area contributed by atoms with Gasteiger partial charge in [0.2, 0.25) is 5.69 Å². The third-order valence-corrected chi connectivity index (χ3v) is 3.53. The van der Waals surface area contributed by atoms with Crippen molar-refractivity contribution in [2.45, 2.75) is 13.5 Å². The highest BCUT2D eigenvalue weighted by Crippen LogP contribution is 2.29. The highest BCUT2D eigenvalue weighted by atomic mass is 19.1. The Morgan fingerprint density at radius 1 is 1.28 bits per heavy atom. The number of carbonyl (C=O) groups excluding carboxylic acids is 1. The molecule has 2 N–H and O–H groups in total. The van der Waals surface area contributed by atoms with Crippen LogP contribution in [0.1, 0.15) is 23.1 Å². The summed E-state index contributed by atoms with van der Waals surface area (Å²) in [6.07, 6.45) is 0. The molecule has 0 spiro atoms. The second-order valence-electron chi connectivity index (χ2n) is 5.15. The van der Waals surface area contributed by atoms with Gasteiger partial charge in [-0.3, -0.25) is 0 Å². The van der Waals surface area contributed by atoms with Crippen LogP contribution < -0.4 is 5.73 Å². The zero-order valence-corrected chi connectivity index (χ0v) is 13.7. The first-order valence-corrected chi connectivity index (χ1v) is 7.52. The standard InChI is InChI=1S/C16H16FN5O3/c1-3-25-16(23)13-14(18)22-15(20-19-13)12(11(21-22)8-24-2)9-4-6-10(17)7-5-9/h4-7H,3,8,18H2,1-2H3. The first kappa shape index (κ1) is 16.8. The summed E-state index contributed by atoms with van der Waals surface area (Å²) in [5.41, 5.74) is 8.07. The van der Waals surface area contributed by atoms with E-state index in [9.17, 15) is 9.18 Å². The number of benzene rings is 1. The molecular weight excluding hydrogens is 329 g/mol. The van der Waals surface area contributed by atoms with Gasteiger partial charge in [0.1, 0.15) is 5.82 Å². The fraction of sp³-hybridized carbons (Fsp3) is 0.250. The Bertz CT molecular complexity index is 924. The number of carbonyl (C=O) groups is 1. The van der Waals surface area contributed by atoms with Gasteiger partial charge in [0.25, 0.3) is 0 Å². The van der Waals surface area contributed by atoms with Crippen LogP contribution in [-0.4, -0.2) is 39.5 Å². The fourth-order valence-electron chi connectivity index (χ4n) is 2.46. The Hall–Kier alpha value is -3.07. The molecule has 2 heterocycles. The number of nitrogens with two attached hydrogens (primary N) is 1. The zero-order chi connectivity index (χ0) is 18.0. The van der Waals surface area contributed by atoms with E-state index >= 15 is 0 Å². The summed E-state index contributed by atoms with van der Waals surface area (Å²) in [6, 6.07) is 5.86. The smallest absolute Gasteiger partial charge is 0.362 e. The first-order valence-electron chi connectivity index (χ1n) is 7.52. The maximum absolute atomic E-state index is 13.2. The number of fused-ring (bicyclic) bond motifs is 1. The average Bonchev–Trinajstić information content (AvgIpc) is 2.96. The summed E-state index contributed by atoms with van der Waals surface area (Å²) in [4.78, 5) is 11.9. The van der Waals surface area contributed by atoms with Crippen LogP contribution in [0.3, 0.4) is 0 Å². The largest absolute Gasteiger partial charge is 0.461 e. The van der Waals surface area contributed by atoms with Crippen molar-refractivity contribution in [3.8, 4) is 11.1 Å². The van der Waals surface area contributed by atoms with Crippen LogP contribution in [0.2, 0.25) is 0 Å². The van der Waals surface area contributed by atoms with Crippen molar-refractivity contribution in [2.24, 2.45) is 0 Å². The molecule has 0 bridgehead atoms. The number of hydrogen-bond donors (Lipinski definition) is 1. The van der Waals surface area contributed by atoms with E-state index in [0.29, 0.717) is 22.5 Å². The summed E-state index contributed by atoms with van der Waals surface area (Å²) >= 11 is 0. The van der Waals surface area contributed by atoms with E-state index in [4.69, 9.17) is 15.2 Å². The summed E-state index contributed by atoms with van der Waals surface area (Å²) in [7, 11) is 1.53. The number of hydrogen-bond acceptors (Lipinski definition) is 7. The van der Waals surface area contributed by atoms with E-state index in [2.05, 4.69) is 15.3 Å². The molecule has 25 heavy (non-hydrogen) atoms. The summed E-state index contributed by atoms with van der Waals surface area (Å²) in [6.45, 7) is 2.05. The Balaban J connectivity index is 2.22. The molecule has 0 radical (unpaired) electrons. The van der Waals surface area contributed by atoms with Gasteiger partial charge in [-0.1, -0.05) is 12.1 Å². The Morgan fingerprint density at radius 2 is 2.00 bits per heavy atom. The number of nitrogens with zero attached hydrogens (tertiary/aromatic N) is 4. The molecule has 0 unspecified atom stereocenters. The molecule has 0 fully saturated rings. The Kier molecular flexibility index (Phi) is 4.57. The lowest BCUT2D eigenvalue weighted by Crippen LogP contribution is -2.15. The highest BCUT2D eigenvalue weighted by molar-refractivity contribution is 5.93. The molecule has 0 amide bonds. The second kappa shape index (κ2) is 6.81. The van der Waals surface area contributed by atoms with Crippen molar-refractivity contribution in [1.29, 1.82) is 0 Å². The number of rotatable bonds is 5. The van der Waals surface area contributed by atoms with Crippen LogP contribution in [-0.2, 0) is 16.1 Å². The van der Waals surface area contributed by atoms with Gasteiger partial charge >= 0.3 is 5.97 Å². The number of ether oxygens (including phenoxy) is 2. The first-order chi connectivity index (χ1) is 12.1. The van der Waals surface area contributed by atoms with Crippen LogP contribution in [0.25, 0.3) is 16.8 Å². The van der Waals surface area contributed by atoms with E-state index in [1.54, 1.807) is 19.1 Å². The van der Waals surface area contributed by atoms with Gasteiger partial charge in [0.05, 0.1) is 24.5 Å². The number of aromatic nitrogens is 4. The quantitative estimate of drug-likeness (QED) is 0.703. The summed E-state index contributed by atoms with van der Waals surface area (Å²) in [5.74, 6) is -1.03. The van der Waals surface area contributed by atoms with Gasteiger partial charge in [0, 0.05) is 7.11 Å². The average molecular weight is 345 g/mol. The van der Waals surface area contributed by atoms with Crippen molar-refractivity contribution < 1.29 is 18.7 Å². The Morgan fingerprint density at radius 3 is 2.64 bits per heavy atom. The van der Waals surface area contributed by atoms with E-state index < -0.39 is 5.97 Å². The van der Waals surface area contributed by atoms with Crippen LogP contribution in [0.15, 0.2) is 24.3 Å². The molecule has 3 rings (SSSR count). The SMILES string of the molecule is CCOC(=O)c1nnc2c(-c3ccc(F)cc3)c(COC)nn2c1N. The maximum Gasteiger partial charge on any atom is 0.362 e. The van der Waals surface area contributed by atoms with Crippen molar-refractivity contribution in [3.05, 3.63) is 41.5 Å². The van der Waals surface area contributed by atoms with Crippen molar-refractivity contribution in [3.63, 3.8) is 0 Å². The van der Waals surface area contributed by atoms with Gasteiger partial charge in [-0.05, 0) is 24.6 Å². The van der Waals surface area contributed by atoms with Crippen molar-refractivity contribution in [2.75, 3.05) is 19.5 Å². The predicted molar refractivity (Wildman–Crippen MR) is 87.3 cm³/mol. The normalized spacial score (nSPS) is 11.0. The molecule has 0 aliphatic rings. The maximum atomic E-state index is 13.2. The lowest BCUT2D eigenvalue weighted by molar-refractivity contribution is 0.0519. The monoisotopic (exact) mass is 345 g/mol. The zero-order valence-electron chi connectivity index (χ0n) is 13.7. The molecule has 9 heteroatoms. The number of esters is 1. The summed E-state index contributed by atoms with van der Waals surface area (Å²) < 4.78 is 24.6. The molecule has 0 saturated carbocycles. The molecule has 130 valence electrons. The highest BCUT2D eigenvalue weighted by Gasteiger charge is 2.23. The molecule has 0 atom stereocenters. The number of anilines is 1.